The lowest BCUT2D eigenvalue weighted by Gasteiger charge is -2.19. The highest BCUT2D eigenvalue weighted by Crippen LogP contribution is 2.33. The maximum Gasteiger partial charge on any atom is 0.253 e. The fourth-order valence-corrected chi connectivity index (χ4v) is 2.42. The van der Waals surface area contributed by atoms with Crippen molar-refractivity contribution in [3.05, 3.63) is 42.2 Å². The largest absolute Gasteiger partial charge is 0.486 e. The maximum absolute atomic E-state index is 12.1. The van der Waals surface area contributed by atoms with Gasteiger partial charge in [0.2, 0.25) is 0 Å². The van der Waals surface area contributed by atoms with Gasteiger partial charge < -0.3 is 20.1 Å². The van der Waals surface area contributed by atoms with Crippen LogP contribution in [0.15, 0.2) is 36.7 Å². The van der Waals surface area contributed by atoms with Gasteiger partial charge in [0.15, 0.2) is 11.5 Å². The fraction of sp³-hybridized carbons (Fsp3) is 0.294. The number of nitrogens with zero attached hydrogens (tertiary/aromatic N) is 1. The minimum Gasteiger partial charge on any atom is -0.486 e. The molecule has 1 aliphatic heterocycles. The van der Waals surface area contributed by atoms with Gasteiger partial charge in [0.25, 0.3) is 5.91 Å². The highest BCUT2D eigenvalue weighted by Gasteiger charge is 2.24. The minimum absolute atomic E-state index is 0.0779. The van der Waals surface area contributed by atoms with E-state index in [0.29, 0.717) is 24.8 Å². The van der Waals surface area contributed by atoms with Crippen LogP contribution in [0.3, 0.4) is 0 Å². The number of carbonyl (C=O) groups is 1. The molecule has 0 unspecified atom stereocenters. The molecule has 2 heterocycles. The number of benzene rings is 1. The van der Waals surface area contributed by atoms with Crippen molar-refractivity contribution in [2.75, 3.05) is 18.5 Å². The highest BCUT2D eigenvalue weighted by molar-refractivity contribution is 5.95. The standard InChI is InChI=1S/C17H17N3O3/c21-17(20-12-1-2-12)11-7-14(10-18-9-11)19-13-3-4-15-16(8-13)23-6-5-22-15/h3-4,7-10,12,19H,1-2,5-6H2,(H,20,21). The van der Waals surface area contributed by atoms with E-state index in [9.17, 15) is 4.79 Å². The maximum atomic E-state index is 12.1. The Bertz CT molecular complexity index is 744. The third-order valence-corrected chi connectivity index (χ3v) is 3.74. The Morgan fingerprint density at radius 1 is 1.04 bits per heavy atom. The van der Waals surface area contributed by atoms with Crippen LogP contribution in [0.1, 0.15) is 23.2 Å². The van der Waals surface area contributed by atoms with Crippen molar-refractivity contribution in [2.45, 2.75) is 18.9 Å². The average Bonchev–Trinajstić information content (AvgIpc) is 3.39. The normalized spacial score (nSPS) is 15.8. The molecule has 2 aliphatic rings. The molecule has 23 heavy (non-hydrogen) atoms. The van der Waals surface area contributed by atoms with Crippen molar-refractivity contribution < 1.29 is 14.3 Å². The Hall–Kier alpha value is -2.76. The van der Waals surface area contributed by atoms with Crippen LogP contribution in [-0.4, -0.2) is 30.1 Å². The molecule has 1 aliphatic carbocycles. The Morgan fingerprint density at radius 2 is 1.87 bits per heavy atom. The van der Waals surface area contributed by atoms with Crippen molar-refractivity contribution >= 4 is 17.3 Å². The Balaban J connectivity index is 1.50. The lowest BCUT2D eigenvalue weighted by Crippen LogP contribution is -2.25. The number of carbonyl (C=O) groups excluding carboxylic acids is 1. The van der Waals surface area contributed by atoms with Crippen molar-refractivity contribution in [3.63, 3.8) is 0 Å². The second-order valence-electron chi connectivity index (χ2n) is 5.69. The summed E-state index contributed by atoms with van der Waals surface area (Å²) >= 11 is 0. The second-order valence-corrected chi connectivity index (χ2v) is 5.69. The molecule has 6 nitrogen and oxygen atoms in total. The van der Waals surface area contributed by atoms with Gasteiger partial charge in [0.05, 0.1) is 17.4 Å². The lowest BCUT2D eigenvalue weighted by atomic mass is 10.2. The molecule has 6 heteroatoms. The molecule has 2 aromatic rings. The number of rotatable bonds is 4. The second kappa shape index (κ2) is 5.79. The molecule has 1 amide bonds. The summed E-state index contributed by atoms with van der Waals surface area (Å²) in [4.78, 5) is 16.2. The van der Waals surface area contributed by atoms with Gasteiger partial charge in [-0.3, -0.25) is 9.78 Å². The van der Waals surface area contributed by atoms with Crippen LogP contribution < -0.4 is 20.1 Å². The first-order valence-electron chi connectivity index (χ1n) is 7.70. The predicted octanol–water partition coefficient (Wildman–Crippen LogP) is 2.49. The number of amides is 1. The average molecular weight is 311 g/mol. The smallest absolute Gasteiger partial charge is 0.253 e. The molecular weight excluding hydrogens is 294 g/mol. The molecule has 0 saturated heterocycles. The predicted molar refractivity (Wildman–Crippen MR) is 85.4 cm³/mol. The van der Waals surface area contributed by atoms with Crippen LogP contribution in [0.2, 0.25) is 0 Å². The first-order chi connectivity index (χ1) is 11.3. The molecule has 0 radical (unpaired) electrons. The van der Waals surface area contributed by atoms with Crippen LogP contribution >= 0.6 is 0 Å². The Kier molecular flexibility index (Phi) is 3.49. The van der Waals surface area contributed by atoms with Gasteiger partial charge >= 0.3 is 0 Å². The van der Waals surface area contributed by atoms with Crippen LogP contribution in [0.5, 0.6) is 11.5 Å². The van der Waals surface area contributed by atoms with E-state index in [-0.39, 0.29) is 5.91 Å². The van der Waals surface area contributed by atoms with Gasteiger partial charge in [-0.15, -0.1) is 0 Å². The van der Waals surface area contributed by atoms with Gasteiger partial charge in [-0.1, -0.05) is 0 Å². The Morgan fingerprint density at radius 3 is 2.70 bits per heavy atom. The molecule has 0 bridgehead atoms. The molecule has 1 fully saturated rings. The lowest BCUT2D eigenvalue weighted by molar-refractivity contribution is 0.0950. The number of fused-ring (bicyclic) bond motifs is 1. The first kappa shape index (κ1) is 13.9. The van der Waals surface area contributed by atoms with Crippen LogP contribution in [0, 0.1) is 0 Å². The van der Waals surface area contributed by atoms with E-state index in [4.69, 9.17) is 9.47 Å². The summed E-state index contributed by atoms with van der Waals surface area (Å²) in [5, 5.41) is 6.20. The number of anilines is 2. The summed E-state index contributed by atoms with van der Waals surface area (Å²) in [6, 6.07) is 7.78. The molecule has 0 atom stereocenters. The monoisotopic (exact) mass is 311 g/mol. The summed E-state index contributed by atoms with van der Waals surface area (Å²) in [6.07, 6.45) is 5.39. The summed E-state index contributed by atoms with van der Waals surface area (Å²) in [7, 11) is 0. The third-order valence-electron chi connectivity index (χ3n) is 3.74. The topological polar surface area (TPSA) is 72.5 Å². The quantitative estimate of drug-likeness (QED) is 0.907. The molecule has 4 rings (SSSR count). The van der Waals surface area contributed by atoms with E-state index in [1.54, 1.807) is 18.5 Å². The van der Waals surface area contributed by atoms with Gasteiger partial charge in [0, 0.05) is 24.0 Å². The summed E-state index contributed by atoms with van der Waals surface area (Å²) in [5.41, 5.74) is 2.17. The molecule has 0 spiro atoms. The number of hydrogen-bond acceptors (Lipinski definition) is 5. The van der Waals surface area contributed by atoms with E-state index in [1.807, 2.05) is 18.2 Å². The summed E-state index contributed by atoms with van der Waals surface area (Å²) in [5.74, 6) is 1.39. The zero-order valence-corrected chi connectivity index (χ0v) is 12.5. The minimum atomic E-state index is -0.0779. The number of ether oxygens (including phenoxy) is 2. The van der Waals surface area contributed by atoms with Gasteiger partial charge in [0.1, 0.15) is 13.2 Å². The van der Waals surface area contributed by atoms with E-state index in [0.717, 1.165) is 35.7 Å². The van der Waals surface area contributed by atoms with E-state index < -0.39 is 0 Å². The van der Waals surface area contributed by atoms with Crippen molar-refractivity contribution in [1.82, 2.24) is 10.3 Å². The number of aromatic nitrogens is 1. The molecule has 1 saturated carbocycles. The first-order valence-corrected chi connectivity index (χ1v) is 7.70. The van der Waals surface area contributed by atoms with Gasteiger partial charge in [-0.2, -0.15) is 0 Å². The number of hydrogen-bond donors (Lipinski definition) is 2. The van der Waals surface area contributed by atoms with Gasteiger partial charge in [-0.25, -0.2) is 0 Å². The van der Waals surface area contributed by atoms with Crippen LogP contribution in [0.25, 0.3) is 0 Å². The zero-order valence-electron chi connectivity index (χ0n) is 12.5. The third kappa shape index (κ3) is 3.21. The van der Waals surface area contributed by atoms with Crippen LogP contribution in [-0.2, 0) is 0 Å². The van der Waals surface area contributed by atoms with Crippen molar-refractivity contribution in [2.24, 2.45) is 0 Å². The number of pyridine rings is 1. The van der Waals surface area contributed by atoms with E-state index >= 15 is 0 Å². The molecule has 1 aromatic carbocycles. The zero-order chi connectivity index (χ0) is 15.6. The Labute approximate surface area is 133 Å². The van der Waals surface area contributed by atoms with Crippen LogP contribution in [0.4, 0.5) is 11.4 Å². The number of nitrogens with one attached hydrogen (secondary N) is 2. The molecule has 118 valence electrons. The SMILES string of the molecule is O=C(NC1CC1)c1cncc(Nc2ccc3c(c2)OCCO3)c1. The molecular formula is C17H17N3O3. The van der Waals surface area contributed by atoms with Crippen molar-refractivity contribution in [3.8, 4) is 11.5 Å². The molecule has 2 N–H and O–H groups in total. The molecule has 1 aromatic heterocycles. The summed E-state index contributed by atoms with van der Waals surface area (Å²) in [6.45, 7) is 1.12. The van der Waals surface area contributed by atoms with E-state index in [1.165, 1.54) is 0 Å². The summed E-state index contributed by atoms with van der Waals surface area (Å²) < 4.78 is 11.1. The fourth-order valence-electron chi connectivity index (χ4n) is 2.42. The highest BCUT2D eigenvalue weighted by atomic mass is 16.6. The van der Waals surface area contributed by atoms with E-state index in [2.05, 4.69) is 15.6 Å². The van der Waals surface area contributed by atoms with Crippen molar-refractivity contribution in [1.29, 1.82) is 0 Å². The van der Waals surface area contributed by atoms with Gasteiger partial charge in [-0.05, 0) is 31.0 Å².